The molecule has 1 aliphatic heterocycles. The van der Waals surface area contributed by atoms with Crippen molar-refractivity contribution in [3.05, 3.63) is 53.1 Å². The van der Waals surface area contributed by atoms with Crippen molar-refractivity contribution >= 4 is 39.1 Å². The van der Waals surface area contributed by atoms with Crippen LogP contribution in [0.3, 0.4) is 0 Å². The molecular weight excluding hydrogens is 542 g/mol. The molecule has 0 aliphatic carbocycles. The molecule has 0 aromatic heterocycles. The van der Waals surface area contributed by atoms with Crippen LogP contribution in [0, 0.1) is 5.92 Å². The minimum absolute atomic E-state index is 0.0506. The topological polar surface area (TPSA) is 105 Å². The molecule has 1 atom stereocenters. The van der Waals surface area contributed by atoms with Gasteiger partial charge in [0, 0.05) is 37.1 Å². The van der Waals surface area contributed by atoms with Gasteiger partial charge in [0.1, 0.15) is 19.3 Å². The van der Waals surface area contributed by atoms with Crippen molar-refractivity contribution in [1.29, 1.82) is 0 Å². The first-order chi connectivity index (χ1) is 18.5. The van der Waals surface area contributed by atoms with E-state index in [0.29, 0.717) is 48.4 Å². The molecule has 0 fully saturated rings. The fourth-order valence-electron chi connectivity index (χ4n) is 4.34. The smallest absolute Gasteiger partial charge is 0.242 e. The second kappa shape index (κ2) is 13.9. The van der Waals surface area contributed by atoms with Gasteiger partial charge in [-0.3, -0.25) is 13.9 Å². The Morgan fingerprint density at radius 3 is 2.41 bits per heavy atom. The van der Waals surface area contributed by atoms with Gasteiger partial charge in [-0.2, -0.15) is 0 Å². The molecule has 1 unspecified atom stereocenters. The summed E-state index contributed by atoms with van der Waals surface area (Å²) in [6.07, 6.45) is 1.85. The van der Waals surface area contributed by atoms with E-state index in [9.17, 15) is 18.0 Å². The Labute approximate surface area is 236 Å². The summed E-state index contributed by atoms with van der Waals surface area (Å²) in [7, 11) is -3.64. The van der Waals surface area contributed by atoms with Crippen molar-refractivity contribution in [1.82, 2.24) is 10.2 Å². The number of sulfonamides is 1. The van der Waals surface area contributed by atoms with Crippen molar-refractivity contribution in [3.63, 3.8) is 0 Å². The SMILES string of the molecule is CCC(C(=O)NCC(C)C)N(Cc1ccccc1Cl)C(=O)CCCN(c1ccc2c(c1)OCCO2)S(C)(=O)=O. The maximum Gasteiger partial charge on any atom is 0.242 e. The molecular formula is C28H38ClN3O6S. The van der Waals surface area contributed by atoms with Crippen molar-refractivity contribution < 1.29 is 27.5 Å². The fraction of sp³-hybridized carbons (Fsp3) is 0.500. The number of nitrogens with one attached hydrogen (secondary N) is 1. The summed E-state index contributed by atoms with van der Waals surface area (Å²) in [6.45, 7) is 7.44. The zero-order chi connectivity index (χ0) is 28.6. The lowest BCUT2D eigenvalue weighted by Gasteiger charge is -2.31. The van der Waals surface area contributed by atoms with Crippen LogP contribution in [0.1, 0.15) is 45.6 Å². The molecule has 214 valence electrons. The first kappa shape index (κ1) is 30.6. The number of carbonyl (C=O) groups is 2. The molecule has 0 radical (unpaired) electrons. The van der Waals surface area contributed by atoms with Crippen LogP contribution in [0.5, 0.6) is 11.5 Å². The summed E-state index contributed by atoms with van der Waals surface area (Å²) in [5.41, 5.74) is 1.17. The average Bonchev–Trinajstić information content (AvgIpc) is 2.89. The number of ether oxygens (including phenoxy) is 2. The van der Waals surface area contributed by atoms with Gasteiger partial charge in [-0.25, -0.2) is 8.42 Å². The predicted molar refractivity (Wildman–Crippen MR) is 153 cm³/mol. The van der Waals surface area contributed by atoms with Crippen LogP contribution < -0.4 is 19.1 Å². The third-order valence-corrected chi connectivity index (χ3v) is 7.90. The molecule has 2 aromatic carbocycles. The molecule has 0 spiro atoms. The molecule has 11 heteroatoms. The molecule has 2 aromatic rings. The summed E-state index contributed by atoms with van der Waals surface area (Å²) in [5.74, 6) is 0.831. The van der Waals surface area contributed by atoms with Gasteiger partial charge in [0.15, 0.2) is 11.5 Å². The van der Waals surface area contributed by atoms with Crippen LogP contribution in [0.15, 0.2) is 42.5 Å². The third-order valence-electron chi connectivity index (χ3n) is 6.33. The van der Waals surface area contributed by atoms with E-state index in [-0.39, 0.29) is 43.7 Å². The van der Waals surface area contributed by atoms with Gasteiger partial charge in [-0.05, 0) is 42.5 Å². The normalized spacial score (nSPS) is 13.6. The summed E-state index contributed by atoms with van der Waals surface area (Å²) >= 11 is 6.39. The van der Waals surface area contributed by atoms with Crippen molar-refractivity contribution in [2.75, 3.05) is 36.9 Å². The number of carbonyl (C=O) groups excluding carboxylic acids is 2. The van der Waals surface area contributed by atoms with Crippen LogP contribution in [-0.2, 0) is 26.2 Å². The Kier molecular flexibility index (Phi) is 10.9. The lowest BCUT2D eigenvalue weighted by Crippen LogP contribution is -2.49. The van der Waals surface area contributed by atoms with E-state index in [4.69, 9.17) is 21.1 Å². The predicted octanol–water partition coefficient (Wildman–Crippen LogP) is 4.24. The number of nitrogens with zero attached hydrogens (tertiary/aromatic N) is 2. The van der Waals surface area contributed by atoms with Gasteiger partial charge in [-0.15, -0.1) is 0 Å². The van der Waals surface area contributed by atoms with Crippen molar-refractivity contribution in [2.24, 2.45) is 5.92 Å². The Morgan fingerprint density at radius 2 is 1.77 bits per heavy atom. The number of amides is 2. The van der Waals surface area contributed by atoms with Crippen molar-refractivity contribution in [2.45, 2.75) is 52.6 Å². The average molecular weight is 580 g/mol. The zero-order valence-electron chi connectivity index (χ0n) is 23.0. The second-order valence-electron chi connectivity index (χ2n) is 9.94. The Morgan fingerprint density at radius 1 is 1.08 bits per heavy atom. The number of anilines is 1. The van der Waals surface area contributed by atoms with Crippen LogP contribution in [0.4, 0.5) is 5.69 Å². The number of halogens is 1. The Bertz CT molecular complexity index is 1250. The molecule has 1 heterocycles. The highest BCUT2D eigenvalue weighted by molar-refractivity contribution is 7.92. The van der Waals surface area contributed by atoms with Crippen LogP contribution >= 0.6 is 11.6 Å². The third kappa shape index (κ3) is 8.50. The van der Waals surface area contributed by atoms with Crippen LogP contribution in [0.2, 0.25) is 5.02 Å². The monoisotopic (exact) mass is 579 g/mol. The lowest BCUT2D eigenvalue weighted by molar-refractivity contribution is -0.141. The van der Waals surface area contributed by atoms with Gasteiger partial charge in [0.2, 0.25) is 21.8 Å². The number of fused-ring (bicyclic) bond motifs is 1. The Hall–Kier alpha value is -2.98. The van der Waals surface area contributed by atoms with Gasteiger partial charge in [-0.1, -0.05) is 50.6 Å². The molecule has 9 nitrogen and oxygen atoms in total. The van der Waals surface area contributed by atoms with Crippen LogP contribution in [-0.4, -0.2) is 63.7 Å². The fourth-order valence-corrected chi connectivity index (χ4v) is 5.50. The van der Waals surface area contributed by atoms with Gasteiger partial charge in [0.25, 0.3) is 0 Å². The highest BCUT2D eigenvalue weighted by Crippen LogP contribution is 2.35. The molecule has 0 saturated carbocycles. The Balaban J connectivity index is 1.77. The molecule has 0 saturated heterocycles. The molecule has 39 heavy (non-hydrogen) atoms. The zero-order valence-corrected chi connectivity index (χ0v) is 24.6. The summed E-state index contributed by atoms with van der Waals surface area (Å²) in [4.78, 5) is 28.2. The minimum Gasteiger partial charge on any atom is -0.486 e. The quantitative estimate of drug-likeness (QED) is 0.381. The second-order valence-corrected chi connectivity index (χ2v) is 12.3. The number of hydrogen-bond acceptors (Lipinski definition) is 6. The van der Waals surface area contributed by atoms with Gasteiger partial charge >= 0.3 is 0 Å². The maximum absolute atomic E-state index is 13.6. The largest absolute Gasteiger partial charge is 0.486 e. The maximum atomic E-state index is 13.6. The standard InChI is InChI=1S/C28H38ClN3O6S/c1-5-24(28(34)30-18-20(2)3)31(19-21-9-6-7-10-23(21)29)27(33)11-8-14-32(39(4,35)36)22-12-13-25-26(17-22)38-16-15-37-25/h6-7,9-10,12-13,17,20,24H,5,8,11,14-16,18-19H2,1-4H3,(H,30,34). The number of benzene rings is 2. The van der Waals surface area contributed by atoms with Crippen molar-refractivity contribution in [3.8, 4) is 11.5 Å². The summed E-state index contributed by atoms with van der Waals surface area (Å²) in [6, 6.07) is 11.5. The van der Waals surface area contributed by atoms with E-state index in [0.717, 1.165) is 11.8 Å². The van der Waals surface area contributed by atoms with E-state index < -0.39 is 16.1 Å². The molecule has 1 N–H and O–H groups in total. The summed E-state index contributed by atoms with van der Waals surface area (Å²) < 4.78 is 37.7. The van der Waals surface area contributed by atoms with Gasteiger partial charge < -0.3 is 19.7 Å². The minimum atomic E-state index is -3.64. The number of hydrogen-bond donors (Lipinski definition) is 1. The van der Waals surface area contributed by atoms with Crippen LogP contribution in [0.25, 0.3) is 0 Å². The molecule has 3 rings (SSSR count). The molecule has 2 amide bonds. The first-order valence-electron chi connectivity index (χ1n) is 13.2. The molecule has 1 aliphatic rings. The number of rotatable bonds is 13. The van der Waals surface area contributed by atoms with E-state index in [1.165, 1.54) is 4.31 Å². The highest BCUT2D eigenvalue weighted by atomic mass is 35.5. The first-order valence-corrected chi connectivity index (χ1v) is 15.4. The van der Waals surface area contributed by atoms with E-state index in [2.05, 4.69) is 5.32 Å². The van der Waals surface area contributed by atoms with Gasteiger partial charge in [0.05, 0.1) is 11.9 Å². The summed E-state index contributed by atoms with van der Waals surface area (Å²) in [5, 5.41) is 3.44. The highest BCUT2D eigenvalue weighted by Gasteiger charge is 2.29. The van der Waals surface area contributed by atoms with E-state index >= 15 is 0 Å². The van der Waals surface area contributed by atoms with E-state index in [1.807, 2.05) is 39.0 Å². The lowest BCUT2D eigenvalue weighted by atomic mass is 10.1. The van der Waals surface area contributed by atoms with E-state index in [1.54, 1.807) is 29.2 Å². The molecule has 0 bridgehead atoms.